The first-order valence-electron chi connectivity index (χ1n) is 6.53. The average Bonchev–Trinajstić information content (AvgIpc) is 2.47. The largest absolute Gasteiger partial charge is 0.334 e. The Morgan fingerprint density at radius 3 is 2.62 bits per heavy atom. The Kier molecular flexibility index (Phi) is 5.48. The van der Waals surface area contributed by atoms with Crippen LogP contribution in [0.2, 0.25) is 10.0 Å². The zero-order valence-corrected chi connectivity index (χ0v) is 13.2. The molecule has 3 nitrogen and oxygen atoms in total. The van der Waals surface area contributed by atoms with E-state index in [4.69, 9.17) is 23.2 Å². The van der Waals surface area contributed by atoms with Gasteiger partial charge in [-0.2, -0.15) is 0 Å². The van der Waals surface area contributed by atoms with Crippen LogP contribution < -0.4 is 5.32 Å². The topological polar surface area (TPSA) is 32.3 Å². The molecule has 0 spiro atoms. The quantitative estimate of drug-likeness (QED) is 0.892. The first kappa shape index (κ1) is 15.7. The Morgan fingerprint density at radius 2 is 1.90 bits per heavy atom. The van der Waals surface area contributed by atoms with Gasteiger partial charge in [0.2, 0.25) is 0 Å². The van der Waals surface area contributed by atoms with E-state index in [9.17, 15) is 4.79 Å². The highest BCUT2D eigenvalue weighted by atomic mass is 35.5. The third kappa shape index (κ3) is 4.66. The predicted octanol–water partition coefficient (Wildman–Crippen LogP) is 4.34. The number of hydrogen-bond acceptors (Lipinski definition) is 1. The van der Waals surface area contributed by atoms with E-state index in [0.717, 1.165) is 11.1 Å². The molecule has 0 unspecified atom stereocenters. The average molecular weight is 323 g/mol. The van der Waals surface area contributed by atoms with E-state index in [2.05, 4.69) is 5.32 Å². The molecule has 5 heteroatoms. The predicted molar refractivity (Wildman–Crippen MR) is 86.6 cm³/mol. The summed E-state index contributed by atoms with van der Waals surface area (Å²) in [5, 5.41) is 4.17. The van der Waals surface area contributed by atoms with Gasteiger partial charge in [-0.3, -0.25) is 0 Å². The van der Waals surface area contributed by atoms with Crippen molar-refractivity contribution in [3.63, 3.8) is 0 Å². The van der Waals surface area contributed by atoms with Gasteiger partial charge in [0.05, 0.1) is 0 Å². The molecule has 0 aromatic heterocycles. The van der Waals surface area contributed by atoms with Crippen molar-refractivity contribution >= 4 is 29.2 Å². The summed E-state index contributed by atoms with van der Waals surface area (Å²) in [6.45, 7) is 0.896. The van der Waals surface area contributed by atoms with Crippen molar-refractivity contribution in [1.29, 1.82) is 0 Å². The van der Waals surface area contributed by atoms with Gasteiger partial charge >= 0.3 is 6.03 Å². The van der Waals surface area contributed by atoms with E-state index in [-0.39, 0.29) is 6.03 Å². The highest BCUT2D eigenvalue weighted by Gasteiger charge is 2.10. The lowest BCUT2D eigenvalue weighted by Gasteiger charge is -2.18. The lowest BCUT2D eigenvalue weighted by molar-refractivity contribution is 0.206. The minimum atomic E-state index is -0.158. The van der Waals surface area contributed by atoms with E-state index in [1.165, 1.54) is 0 Å². The van der Waals surface area contributed by atoms with E-state index >= 15 is 0 Å². The molecule has 2 rings (SSSR count). The van der Waals surface area contributed by atoms with Gasteiger partial charge in [-0.1, -0.05) is 53.5 Å². The summed E-state index contributed by atoms with van der Waals surface area (Å²) in [5.41, 5.74) is 1.88. The molecule has 0 aliphatic heterocycles. The number of nitrogens with one attached hydrogen (secondary N) is 1. The number of amides is 2. The molecule has 0 atom stereocenters. The minimum absolute atomic E-state index is 0.158. The van der Waals surface area contributed by atoms with Gasteiger partial charge in [-0.25, -0.2) is 4.79 Å². The first-order valence-corrected chi connectivity index (χ1v) is 7.28. The first-order chi connectivity index (χ1) is 10.1. The van der Waals surface area contributed by atoms with Crippen LogP contribution in [0.4, 0.5) is 4.79 Å². The summed E-state index contributed by atoms with van der Waals surface area (Å²) >= 11 is 12.0. The monoisotopic (exact) mass is 322 g/mol. The second kappa shape index (κ2) is 7.34. The van der Waals surface area contributed by atoms with E-state index in [1.54, 1.807) is 18.0 Å². The second-order valence-electron chi connectivity index (χ2n) is 4.74. The molecule has 0 radical (unpaired) electrons. The maximum atomic E-state index is 12.1. The van der Waals surface area contributed by atoms with Crippen LogP contribution in [0.5, 0.6) is 0 Å². The number of rotatable bonds is 4. The third-order valence-corrected chi connectivity index (χ3v) is 3.65. The van der Waals surface area contributed by atoms with Gasteiger partial charge in [0.15, 0.2) is 0 Å². The standard InChI is InChI=1S/C16H16Cl2N2O/c1-20(11-13-6-2-3-8-15(13)18)16(21)19-10-12-5-4-7-14(17)9-12/h2-9H,10-11H2,1H3,(H,19,21). The van der Waals surface area contributed by atoms with E-state index in [1.807, 2.05) is 42.5 Å². The molecule has 0 saturated carbocycles. The Labute approximate surface area is 134 Å². The molecule has 0 bridgehead atoms. The van der Waals surface area contributed by atoms with Crippen LogP contribution in [0, 0.1) is 0 Å². The van der Waals surface area contributed by atoms with Crippen molar-refractivity contribution in [1.82, 2.24) is 10.2 Å². The van der Waals surface area contributed by atoms with Crippen LogP contribution in [-0.2, 0) is 13.1 Å². The van der Waals surface area contributed by atoms with Gasteiger partial charge < -0.3 is 10.2 Å². The van der Waals surface area contributed by atoms with Crippen molar-refractivity contribution in [3.8, 4) is 0 Å². The molecule has 2 aromatic carbocycles. The summed E-state index contributed by atoms with van der Waals surface area (Å²) in [5.74, 6) is 0. The highest BCUT2D eigenvalue weighted by molar-refractivity contribution is 6.31. The number of halogens is 2. The number of nitrogens with zero attached hydrogens (tertiary/aromatic N) is 1. The van der Waals surface area contributed by atoms with Crippen LogP contribution in [0.25, 0.3) is 0 Å². The Bertz CT molecular complexity index is 631. The lowest BCUT2D eigenvalue weighted by atomic mass is 10.2. The molecule has 2 aromatic rings. The molecule has 110 valence electrons. The zero-order valence-electron chi connectivity index (χ0n) is 11.6. The Balaban J connectivity index is 1.90. The zero-order chi connectivity index (χ0) is 15.2. The smallest absolute Gasteiger partial charge is 0.317 e. The maximum absolute atomic E-state index is 12.1. The van der Waals surface area contributed by atoms with Crippen molar-refractivity contribution < 1.29 is 4.79 Å². The number of carbonyl (C=O) groups excluding carboxylic acids is 1. The molecule has 21 heavy (non-hydrogen) atoms. The maximum Gasteiger partial charge on any atom is 0.317 e. The fraction of sp³-hybridized carbons (Fsp3) is 0.188. The van der Waals surface area contributed by atoms with Gasteiger partial charge in [0.25, 0.3) is 0 Å². The van der Waals surface area contributed by atoms with Crippen molar-refractivity contribution in [2.75, 3.05) is 7.05 Å². The van der Waals surface area contributed by atoms with Gasteiger partial charge in [0, 0.05) is 30.2 Å². The summed E-state index contributed by atoms with van der Waals surface area (Å²) in [4.78, 5) is 13.6. The summed E-state index contributed by atoms with van der Waals surface area (Å²) in [6.07, 6.45) is 0. The van der Waals surface area contributed by atoms with Crippen LogP contribution in [0.15, 0.2) is 48.5 Å². The molecule has 2 amide bonds. The van der Waals surface area contributed by atoms with Crippen LogP contribution in [0.3, 0.4) is 0 Å². The van der Waals surface area contributed by atoms with Gasteiger partial charge in [-0.05, 0) is 29.3 Å². The number of hydrogen-bond donors (Lipinski definition) is 1. The van der Waals surface area contributed by atoms with Crippen LogP contribution in [-0.4, -0.2) is 18.0 Å². The highest BCUT2D eigenvalue weighted by Crippen LogP contribution is 2.16. The molecular weight excluding hydrogens is 307 g/mol. The SMILES string of the molecule is CN(Cc1ccccc1Cl)C(=O)NCc1cccc(Cl)c1. The molecule has 0 aliphatic carbocycles. The van der Waals surface area contributed by atoms with Crippen LogP contribution >= 0.6 is 23.2 Å². The summed E-state index contributed by atoms with van der Waals surface area (Å²) in [7, 11) is 1.73. The second-order valence-corrected chi connectivity index (χ2v) is 5.58. The molecule has 1 N–H and O–H groups in total. The normalized spacial score (nSPS) is 10.2. The minimum Gasteiger partial charge on any atom is -0.334 e. The van der Waals surface area contributed by atoms with Crippen molar-refractivity contribution in [3.05, 3.63) is 69.7 Å². The molecule has 0 aliphatic rings. The van der Waals surface area contributed by atoms with E-state index < -0.39 is 0 Å². The van der Waals surface area contributed by atoms with E-state index in [0.29, 0.717) is 23.1 Å². The molecule has 0 saturated heterocycles. The summed E-state index contributed by atoms with van der Waals surface area (Å²) in [6, 6.07) is 14.7. The van der Waals surface area contributed by atoms with Crippen molar-refractivity contribution in [2.24, 2.45) is 0 Å². The number of benzene rings is 2. The lowest BCUT2D eigenvalue weighted by Crippen LogP contribution is -2.36. The molecular formula is C16H16Cl2N2O. The fourth-order valence-corrected chi connectivity index (χ4v) is 2.32. The summed E-state index contributed by atoms with van der Waals surface area (Å²) < 4.78 is 0. The number of urea groups is 1. The molecule has 0 heterocycles. The van der Waals surface area contributed by atoms with Gasteiger partial charge in [0.1, 0.15) is 0 Å². The van der Waals surface area contributed by atoms with Gasteiger partial charge in [-0.15, -0.1) is 0 Å². The third-order valence-electron chi connectivity index (χ3n) is 3.04. The fourth-order valence-electron chi connectivity index (χ4n) is 1.91. The number of carbonyl (C=O) groups is 1. The van der Waals surface area contributed by atoms with Crippen LogP contribution in [0.1, 0.15) is 11.1 Å². The van der Waals surface area contributed by atoms with Crippen molar-refractivity contribution in [2.45, 2.75) is 13.1 Å². The Hall–Kier alpha value is -1.71. The Morgan fingerprint density at radius 1 is 1.14 bits per heavy atom. The molecule has 0 fully saturated rings.